The van der Waals surface area contributed by atoms with E-state index >= 15 is 0 Å². The summed E-state index contributed by atoms with van der Waals surface area (Å²) in [4.78, 5) is 2.25. The van der Waals surface area contributed by atoms with Crippen LogP contribution in [0.25, 0.3) is 0 Å². The van der Waals surface area contributed by atoms with Crippen LogP contribution in [0.1, 0.15) is 40.0 Å². The van der Waals surface area contributed by atoms with E-state index in [-0.39, 0.29) is 18.0 Å². The fraction of sp³-hybridized carbons (Fsp3) is 0.647. The molecular weight excluding hydrogens is 267 g/mol. The molecule has 1 rings (SSSR count). The highest BCUT2D eigenvalue weighted by atomic mass is 19.1. The van der Waals surface area contributed by atoms with Gasteiger partial charge in [-0.2, -0.15) is 0 Å². The highest BCUT2D eigenvalue weighted by Crippen LogP contribution is 2.17. The number of nitrogens with zero attached hydrogens (tertiary/aromatic N) is 1. The Bertz CT molecular complexity index is 396. The monoisotopic (exact) mass is 296 g/mol. The largest absolute Gasteiger partial charge is 0.394 e. The molecule has 0 fully saturated rings. The van der Waals surface area contributed by atoms with Gasteiger partial charge in [0.25, 0.3) is 0 Å². The molecule has 2 N–H and O–H groups in total. The summed E-state index contributed by atoms with van der Waals surface area (Å²) in [6.45, 7) is 9.13. The van der Waals surface area contributed by atoms with E-state index in [4.69, 9.17) is 0 Å². The van der Waals surface area contributed by atoms with E-state index < -0.39 is 0 Å². The number of halogens is 1. The van der Waals surface area contributed by atoms with Crippen LogP contribution in [-0.4, -0.2) is 36.9 Å². The van der Waals surface area contributed by atoms with Crippen molar-refractivity contribution in [3.05, 3.63) is 30.1 Å². The fourth-order valence-electron chi connectivity index (χ4n) is 2.59. The van der Waals surface area contributed by atoms with Gasteiger partial charge in [-0.15, -0.1) is 0 Å². The average Bonchev–Trinajstić information content (AvgIpc) is 2.49. The van der Waals surface area contributed by atoms with E-state index in [1.807, 2.05) is 12.1 Å². The van der Waals surface area contributed by atoms with Crippen LogP contribution in [0.15, 0.2) is 24.3 Å². The first-order valence-electron chi connectivity index (χ1n) is 7.91. The van der Waals surface area contributed by atoms with Crippen molar-refractivity contribution >= 4 is 5.69 Å². The standard InChI is InChI=1S/C17H29FN2O/c1-4-19-17(3,14-21)12-6-7-13-20(5-2)16-10-8-15(18)9-11-16/h8-11,19,21H,4-7,12-14H2,1-3H3. The fourth-order valence-corrected chi connectivity index (χ4v) is 2.59. The number of aliphatic hydroxyl groups excluding tert-OH is 1. The molecule has 1 aromatic carbocycles. The van der Waals surface area contributed by atoms with Crippen molar-refractivity contribution in [1.29, 1.82) is 0 Å². The molecular formula is C17H29FN2O. The van der Waals surface area contributed by atoms with Crippen LogP contribution < -0.4 is 10.2 Å². The number of unbranched alkanes of at least 4 members (excludes halogenated alkanes) is 1. The van der Waals surface area contributed by atoms with Crippen molar-refractivity contribution < 1.29 is 9.50 Å². The topological polar surface area (TPSA) is 35.5 Å². The molecule has 0 saturated heterocycles. The molecule has 120 valence electrons. The molecule has 0 amide bonds. The number of nitrogens with one attached hydrogen (secondary N) is 1. The molecule has 0 aliphatic heterocycles. The Morgan fingerprint density at radius 1 is 1.19 bits per heavy atom. The quantitative estimate of drug-likeness (QED) is 0.651. The first-order chi connectivity index (χ1) is 10.0. The number of rotatable bonds is 10. The lowest BCUT2D eigenvalue weighted by atomic mass is 9.95. The summed E-state index contributed by atoms with van der Waals surface area (Å²) >= 11 is 0. The molecule has 1 aromatic rings. The smallest absolute Gasteiger partial charge is 0.123 e. The molecule has 0 saturated carbocycles. The van der Waals surface area contributed by atoms with Gasteiger partial charge >= 0.3 is 0 Å². The van der Waals surface area contributed by atoms with Gasteiger partial charge in [0, 0.05) is 24.3 Å². The van der Waals surface area contributed by atoms with Crippen LogP contribution in [0.3, 0.4) is 0 Å². The maximum Gasteiger partial charge on any atom is 0.123 e. The van der Waals surface area contributed by atoms with Gasteiger partial charge in [-0.1, -0.05) is 6.92 Å². The molecule has 21 heavy (non-hydrogen) atoms. The van der Waals surface area contributed by atoms with E-state index in [0.29, 0.717) is 0 Å². The number of likely N-dealkylation sites (N-methyl/N-ethyl adjacent to an activating group) is 1. The van der Waals surface area contributed by atoms with Gasteiger partial charge < -0.3 is 15.3 Å². The molecule has 0 radical (unpaired) electrons. The Kier molecular flexibility index (Phi) is 7.68. The van der Waals surface area contributed by atoms with Crippen LogP contribution in [0.5, 0.6) is 0 Å². The second kappa shape index (κ2) is 9.00. The maximum absolute atomic E-state index is 13.0. The maximum atomic E-state index is 13.0. The van der Waals surface area contributed by atoms with Gasteiger partial charge in [-0.25, -0.2) is 4.39 Å². The van der Waals surface area contributed by atoms with Crippen molar-refractivity contribution in [2.45, 2.75) is 45.6 Å². The number of hydrogen-bond acceptors (Lipinski definition) is 3. The lowest BCUT2D eigenvalue weighted by Gasteiger charge is -2.29. The Morgan fingerprint density at radius 2 is 1.86 bits per heavy atom. The van der Waals surface area contributed by atoms with Gasteiger partial charge in [-0.05, 0) is 63.9 Å². The van der Waals surface area contributed by atoms with Gasteiger partial charge in [0.2, 0.25) is 0 Å². The zero-order chi connectivity index (χ0) is 15.7. The molecule has 0 aliphatic carbocycles. The van der Waals surface area contributed by atoms with E-state index in [0.717, 1.165) is 44.6 Å². The van der Waals surface area contributed by atoms with Gasteiger partial charge in [-0.3, -0.25) is 0 Å². The van der Waals surface area contributed by atoms with Crippen molar-refractivity contribution in [2.75, 3.05) is 31.1 Å². The first-order valence-corrected chi connectivity index (χ1v) is 7.91. The second-order valence-electron chi connectivity index (χ2n) is 5.76. The van der Waals surface area contributed by atoms with Crippen LogP contribution in [-0.2, 0) is 0 Å². The Balaban J connectivity index is 2.40. The zero-order valence-electron chi connectivity index (χ0n) is 13.5. The predicted octanol–water partition coefficient (Wildman–Crippen LogP) is 3.18. The molecule has 1 unspecified atom stereocenters. The van der Waals surface area contributed by atoms with Crippen LogP contribution in [0.4, 0.5) is 10.1 Å². The van der Waals surface area contributed by atoms with Crippen molar-refractivity contribution in [3.63, 3.8) is 0 Å². The molecule has 0 aromatic heterocycles. The molecule has 1 atom stereocenters. The van der Waals surface area contributed by atoms with E-state index in [1.165, 1.54) is 12.1 Å². The second-order valence-corrected chi connectivity index (χ2v) is 5.76. The van der Waals surface area contributed by atoms with E-state index in [2.05, 4.69) is 31.0 Å². The number of benzene rings is 1. The van der Waals surface area contributed by atoms with E-state index in [9.17, 15) is 9.50 Å². The van der Waals surface area contributed by atoms with E-state index in [1.54, 1.807) is 0 Å². The first kappa shape index (κ1) is 17.9. The third kappa shape index (κ3) is 6.02. The van der Waals surface area contributed by atoms with Gasteiger partial charge in [0.15, 0.2) is 0 Å². The summed E-state index contributed by atoms with van der Waals surface area (Å²) in [7, 11) is 0. The van der Waals surface area contributed by atoms with Gasteiger partial charge in [0.1, 0.15) is 5.82 Å². The molecule has 0 spiro atoms. The molecule has 0 heterocycles. The summed E-state index contributed by atoms with van der Waals surface area (Å²) in [5.41, 5.74) is 0.886. The highest BCUT2D eigenvalue weighted by molar-refractivity contribution is 5.45. The lowest BCUT2D eigenvalue weighted by Crippen LogP contribution is -2.45. The molecule has 4 heteroatoms. The van der Waals surface area contributed by atoms with Crippen molar-refractivity contribution in [3.8, 4) is 0 Å². The van der Waals surface area contributed by atoms with Crippen LogP contribution in [0.2, 0.25) is 0 Å². The third-order valence-corrected chi connectivity index (χ3v) is 3.93. The van der Waals surface area contributed by atoms with Crippen molar-refractivity contribution in [1.82, 2.24) is 5.32 Å². The Labute approximate surface area is 128 Å². The van der Waals surface area contributed by atoms with Crippen molar-refractivity contribution in [2.24, 2.45) is 0 Å². The number of hydrogen-bond donors (Lipinski definition) is 2. The summed E-state index contributed by atoms with van der Waals surface area (Å²) in [5.74, 6) is -0.195. The van der Waals surface area contributed by atoms with Crippen LogP contribution in [0, 0.1) is 5.82 Å². The normalized spacial score (nSPS) is 14.0. The summed E-state index contributed by atoms with van der Waals surface area (Å²) in [5, 5.41) is 12.8. The minimum absolute atomic E-state index is 0.163. The minimum atomic E-state index is -0.195. The van der Waals surface area contributed by atoms with Gasteiger partial charge in [0.05, 0.1) is 6.61 Å². The third-order valence-electron chi connectivity index (χ3n) is 3.93. The SMILES string of the molecule is CCNC(C)(CO)CCCCN(CC)c1ccc(F)cc1. The number of aliphatic hydroxyl groups is 1. The predicted molar refractivity (Wildman–Crippen MR) is 87.3 cm³/mol. The zero-order valence-corrected chi connectivity index (χ0v) is 13.5. The Morgan fingerprint density at radius 3 is 2.38 bits per heavy atom. The number of anilines is 1. The molecule has 3 nitrogen and oxygen atoms in total. The summed E-state index contributed by atoms with van der Waals surface area (Å²) in [6.07, 6.45) is 3.08. The highest BCUT2D eigenvalue weighted by Gasteiger charge is 2.20. The lowest BCUT2D eigenvalue weighted by molar-refractivity contribution is 0.165. The minimum Gasteiger partial charge on any atom is -0.394 e. The average molecular weight is 296 g/mol. The molecule has 0 aliphatic rings. The molecule has 0 bridgehead atoms. The van der Waals surface area contributed by atoms with Crippen LogP contribution >= 0.6 is 0 Å². The summed E-state index contributed by atoms with van der Waals surface area (Å²) < 4.78 is 13.0. The Hall–Kier alpha value is -1.13. The summed E-state index contributed by atoms with van der Waals surface area (Å²) in [6, 6.07) is 6.67.